The summed E-state index contributed by atoms with van der Waals surface area (Å²) in [5.74, 6) is -0.582. The minimum Gasteiger partial charge on any atom is -0.497 e. The Labute approximate surface area is 299 Å². The van der Waals surface area contributed by atoms with E-state index in [1.165, 1.54) is 11.0 Å². The van der Waals surface area contributed by atoms with Crippen molar-refractivity contribution < 1.29 is 33.0 Å². The molecule has 2 aliphatic rings. The number of para-hydroxylation sites is 2. The molecule has 270 valence electrons. The van der Waals surface area contributed by atoms with E-state index in [0.717, 1.165) is 11.1 Å². The van der Waals surface area contributed by atoms with Crippen LogP contribution in [0.3, 0.4) is 0 Å². The molecular formula is C40H48N2O8Si. The predicted octanol–water partition coefficient (Wildman–Crippen LogP) is 5.92. The van der Waals surface area contributed by atoms with Crippen molar-refractivity contribution in [2.75, 3.05) is 26.8 Å². The molecule has 1 fully saturated rings. The minimum absolute atomic E-state index is 0.0327. The lowest BCUT2D eigenvalue weighted by Crippen LogP contribution is -2.60. The summed E-state index contributed by atoms with van der Waals surface area (Å²) in [4.78, 5) is 43.5. The molecule has 3 aromatic carbocycles. The molecule has 1 unspecified atom stereocenters. The van der Waals surface area contributed by atoms with E-state index in [-0.39, 0.29) is 29.5 Å². The third-order valence-electron chi connectivity index (χ3n) is 10.9. The molecule has 1 aromatic heterocycles. The highest BCUT2D eigenvalue weighted by Gasteiger charge is 2.54. The predicted molar refractivity (Wildman–Crippen MR) is 198 cm³/mol. The Bertz CT molecular complexity index is 1950. The van der Waals surface area contributed by atoms with Crippen LogP contribution in [0.25, 0.3) is 11.0 Å². The van der Waals surface area contributed by atoms with Gasteiger partial charge in [-0.1, -0.05) is 69.3 Å². The number of benzene rings is 3. The molecule has 2 heterocycles. The van der Waals surface area contributed by atoms with Crippen LogP contribution in [0.2, 0.25) is 18.1 Å². The second kappa shape index (κ2) is 14.6. The van der Waals surface area contributed by atoms with Gasteiger partial charge in [0.05, 0.1) is 25.7 Å². The van der Waals surface area contributed by atoms with Crippen LogP contribution in [0.4, 0.5) is 0 Å². The Hall–Kier alpha value is -4.45. The van der Waals surface area contributed by atoms with Gasteiger partial charge in [-0.25, -0.2) is 4.79 Å². The highest BCUT2D eigenvalue weighted by Crippen LogP contribution is 2.49. The molecule has 1 aliphatic heterocycles. The van der Waals surface area contributed by atoms with E-state index in [2.05, 4.69) is 39.2 Å². The van der Waals surface area contributed by atoms with Crippen molar-refractivity contribution in [3.63, 3.8) is 0 Å². The van der Waals surface area contributed by atoms with Crippen LogP contribution in [0.5, 0.6) is 11.5 Å². The average molecular weight is 713 g/mol. The van der Waals surface area contributed by atoms with E-state index in [9.17, 15) is 19.5 Å². The number of aliphatic hydroxyl groups is 1. The number of ether oxygens (including phenoxy) is 2. The van der Waals surface area contributed by atoms with Gasteiger partial charge >= 0.3 is 5.63 Å². The first-order chi connectivity index (χ1) is 24.3. The third-order valence-corrected chi connectivity index (χ3v) is 15.4. The van der Waals surface area contributed by atoms with Crippen molar-refractivity contribution in [3.05, 3.63) is 106 Å². The Balaban J connectivity index is 1.33. The molecule has 10 nitrogen and oxygen atoms in total. The fourth-order valence-electron chi connectivity index (χ4n) is 7.02. The van der Waals surface area contributed by atoms with E-state index in [4.69, 9.17) is 18.3 Å². The zero-order valence-corrected chi connectivity index (χ0v) is 31.2. The molecule has 1 saturated carbocycles. The second-order valence-corrected chi connectivity index (χ2v) is 19.8. The molecule has 11 heteroatoms. The van der Waals surface area contributed by atoms with Gasteiger partial charge in [0, 0.05) is 30.0 Å². The molecule has 5 atom stereocenters. The van der Waals surface area contributed by atoms with Gasteiger partial charge in [0.1, 0.15) is 34.9 Å². The first kappa shape index (κ1) is 36.3. The summed E-state index contributed by atoms with van der Waals surface area (Å²) in [5.41, 5.74) is 1.21. The van der Waals surface area contributed by atoms with E-state index in [1.54, 1.807) is 31.4 Å². The number of carbonyl (C=O) groups is 2. The summed E-state index contributed by atoms with van der Waals surface area (Å²) in [6, 6.07) is 22.7. The summed E-state index contributed by atoms with van der Waals surface area (Å²) in [7, 11) is -0.430. The number of fused-ring (bicyclic) bond motifs is 4. The summed E-state index contributed by atoms with van der Waals surface area (Å²) < 4.78 is 23.7. The summed E-state index contributed by atoms with van der Waals surface area (Å²) in [5, 5.41) is 15.8. The minimum atomic E-state index is -2.02. The smallest absolute Gasteiger partial charge is 0.349 e. The molecule has 0 spiro atoms. The summed E-state index contributed by atoms with van der Waals surface area (Å²) in [6.45, 7) is 11.7. The van der Waals surface area contributed by atoms with Crippen molar-refractivity contribution in [2.45, 2.75) is 75.9 Å². The van der Waals surface area contributed by atoms with Crippen molar-refractivity contribution in [1.82, 2.24) is 10.2 Å². The number of nitrogens with one attached hydrogen (secondary N) is 1. The molecule has 2 N–H and O–H groups in total. The number of hydrogen-bond acceptors (Lipinski definition) is 8. The normalized spacial score (nSPS) is 21.4. The maximum Gasteiger partial charge on any atom is 0.349 e. The topological polar surface area (TPSA) is 128 Å². The molecule has 2 amide bonds. The number of carbonyl (C=O) groups excluding carboxylic acids is 2. The van der Waals surface area contributed by atoms with E-state index in [1.807, 2.05) is 48.5 Å². The molecule has 0 saturated heterocycles. The van der Waals surface area contributed by atoms with Crippen LogP contribution in [0.1, 0.15) is 54.6 Å². The Morgan fingerprint density at radius 2 is 1.76 bits per heavy atom. The maximum absolute atomic E-state index is 14.5. The van der Waals surface area contributed by atoms with Crippen molar-refractivity contribution in [3.8, 4) is 11.5 Å². The van der Waals surface area contributed by atoms with Crippen LogP contribution in [-0.4, -0.2) is 75.2 Å². The van der Waals surface area contributed by atoms with Gasteiger partial charge in [0.2, 0.25) is 5.91 Å². The molecule has 0 radical (unpaired) electrons. The number of rotatable bonds is 11. The number of nitrogens with zero attached hydrogens (tertiary/aromatic N) is 1. The molecular weight excluding hydrogens is 665 g/mol. The highest BCUT2D eigenvalue weighted by atomic mass is 28.4. The lowest BCUT2D eigenvalue weighted by Gasteiger charge is -2.45. The van der Waals surface area contributed by atoms with E-state index in [0.29, 0.717) is 42.0 Å². The van der Waals surface area contributed by atoms with Crippen LogP contribution in [-0.2, 0) is 15.6 Å². The number of hydrogen-bond donors (Lipinski definition) is 2. The highest BCUT2D eigenvalue weighted by molar-refractivity contribution is 6.74. The summed E-state index contributed by atoms with van der Waals surface area (Å²) in [6.07, 6.45) is -1.39. The zero-order chi connectivity index (χ0) is 36.5. The molecule has 0 bridgehead atoms. The summed E-state index contributed by atoms with van der Waals surface area (Å²) >= 11 is 0. The second-order valence-electron chi connectivity index (χ2n) is 15.0. The maximum atomic E-state index is 14.5. The van der Waals surface area contributed by atoms with Crippen LogP contribution >= 0.6 is 0 Å². The standard InChI is InChI=1S/C40H48N2O8Si/c1-40(2,3)51(5,6)48-21-19-41-37(44)29-24-31(35(43)36-34(29)28-15-8-10-17-33(28)49-36)42(20-18-25-12-11-14-27(22-25)47-4)38(45)30-23-26-13-7-9-16-32(26)50-39(30)46/h7-17,22-23,29,31,34-36,43H,18-21,24H2,1-6H3,(H,41,44)/t29?,31-,34+,35+,36+/m1/s1. The van der Waals surface area contributed by atoms with E-state index < -0.39 is 49.9 Å². The first-order valence-corrected chi connectivity index (χ1v) is 20.5. The van der Waals surface area contributed by atoms with Crippen molar-refractivity contribution >= 4 is 31.1 Å². The zero-order valence-electron chi connectivity index (χ0n) is 30.2. The lowest BCUT2D eigenvalue weighted by molar-refractivity contribution is -0.132. The Kier molecular flexibility index (Phi) is 10.4. The number of aliphatic hydroxyl groups excluding tert-OH is 1. The van der Waals surface area contributed by atoms with Crippen LogP contribution in [0.15, 0.2) is 88.1 Å². The lowest BCUT2D eigenvalue weighted by atomic mass is 9.70. The van der Waals surface area contributed by atoms with Crippen LogP contribution < -0.4 is 20.4 Å². The Morgan fingerprint density at radius 1 is 1.02 bits per heavy atom. The third kappa shape index (κ3) is 7.47. The van der Waals surface area contributed by atoms with Gasteiger partial charge in [-0.3, -0.25) is 9.59 Å². The van der Waals surface area contributed by atoms with Crippen molar-refractivity contribution in [1.29, 1.82) is 0 Å². The molecule has 6 rings (SSSR count). The average Bonchev–Trinajstić information content (AvgIpc) is 3.50. The first-order valence-electron chi connectivity index (χ1n) is 17.6. The number of methoxy groups -OCH3 is 1. The molecule has 51 heavy (non-hydrogen) atoms. The molecule has 1 aliphatic carbocycles. The monoisotopic (exact) mass is 712 g/mol. The van der Waals surface area contributed by atoms with Gasteiger partial charge in [0.15, 0.2) is 8.32 Å². The molecule has 4 aromatic rings. The fourth-order valence-corrected chi connectivity index (χ4v) is 8.07. The van der Waals surface area contributed by atoms with Gasteiger partial charge < -0.3 is 33.6 Å². The SMILES string of the molecule is COc1cccc(CCN(C(=O)c2cc3ccccc3oc2=O)[C@@H]2CC(C(=O)NCCO[Si](C)(C)C(C)(C)C)[C@@H]3c4ccccc4O[C@@H]3[C@H]2O)c1. The largest absolute Gasteiger partial charge is 0.497 e. The van der Waals surface area contributed by atoms with Gasteiger partial charge in [-0.05, 0) is 66.9 Å². The van der Waals surface area contributed by atoms with E-state index >= 15 is 0 Å². The van der Waals surface area contributed by atoms with Crippen LogP contribution in [0, 0.1) is 5.92 Å². The van der Waals surface area contributed by atoms with Gasteiger partial charge in [-0.2, -0.15) is 0 Å². The quantitative estimate of drug-likeness (QED) is 0.112. The Morgan fingerprint density at radius 3 is 2.53 bits per heavy atom. The van der Waals surface area contributed by atoms with Gasteiger partial charge in [0.25, 0.3) is 5.91 Å². The van der Waals surface area contributed by atoms with Gasteiger partial charge in [-0.15, -0.1) is 0 Å². The fraction of sp³-hybridized carbons (Fsp3) is 0.425. The number of amides is 2. The van der Waals surface area contributed by atoms with Crippen molar-refractivity contribution in [2.24, 2.45) is 5.92 Å².